The van der Waals surface area contributed by atoms with Crippen LogP contribution in [0.2, 0.25) is 0 Å². The van der Waals surface area contributed by atoms with Gasteiger partial charge in [-0.25, -0.2) is 0 Å². The fraction of sp³-hybridized carbons (Fsp3) is 1.00. The zero-order valence-electron chi connectivity index (χ0n) is 9.84. The normalized spacial score (nSPS) is 11.1. The quantitative estimate of drug-likeness (QED) is 0.549. The van der Waals surface area contributed by atoms with Crippen molar-refractivity contribution in [3.05, 3.63) is 0 Å². The Morgan fingerprint density at radius 1 is 0.929 bits per heavy atom. The molecule has 0 aliphatic heterocycles. The van der Waals surface area contributed by atoms with Crippen molar-refractivity contribution >= 4 is 0 Å². The fourth-order valence-corrected chi connectivity index (χ4v) is 1.19. The van der Waals surface area contributed by atoms with Gasteiger partial charge in [-0.15, -0.1) is 0 Å². The van der Waals surface area contributed by atoms with Gasteiger partial charge in [-0.05, 0) is 19.4 Å². The maximum absolute atomic E-state index is 5.49. The van der Waals surface area contributed by atoms with Gasteiger partial charge in [0.25, 0.3) is 0 Å². The summed E-state index contributed by atoms with van der Waals surface area (Å²) in [5.74, 6) is 0. The Kier molecular flexibility index (Phi) is 10.9. The number of likely N-dealkylation sites (N-methyl/N-ethyl adjacent to an activating group) is 1. The van der Waals surface area contributed by atoms with Crippen LogP contribution in [0.15, 0.2) is 0 Å². The second-order valence-corrected chi connectivity index (χ2v) is 3.40. The van der Waals surface area contributed by atoms with Gasteiger partial charge in [0.05, 0.1) is 19.3 Å². The Hall–Kier alpha value is -0.120. The van der Waals surface area contributed by atoms with Gasteiger partial charge in [0, 0.05) is 13.2 Å². The third kappa shape index (κ3) is 8.48. The Balaban J connectivity index is 3.44. The predicted molar refractivity (Wildman–Crippen MR) is 59.7 cm³/mol. The highest BCUT2D eigenvalue weighted by Crippen LogP contribution is 1.91. The summed E-state index contributed by atoms with van der Waals surface area (Å²) >= 11 is 0. The van der Waals surface area contributed by atoms with E-state index >= 15 is 0 Å². The molecule has 86 valence electrons. The van der Waals surface area contributed by atoms with Crippen molar-refractivity contribution in [1.29, 1.82) is 0 Å². The number of hydrogen-bond acceptors (Lipinski definition) is 3. The Bertz CT molecular complexity index is 99.5. The van der Waals surface area contributed by atoms with Crippen LogP contribution in [0.4, 0.5) is 0 Å². The maximum atomic E-state index is 5.49. The van der Waals surface area contributed by atoms with Gasteiger partial charge in [-0.1, -0.05) is 20.8 Å². The number of ether oxygens (including phenoxy) is 2. The first-order valence-electron chi connectivity index (χ1n) is 5.73. The molecular weight excluding hydrogens is 178 g/mol. The molecule has 0 aromatic heterocycles. The predicted octanol–water partition coefficient (Wildman–Crippen LogP) is 1.82. The lowest BCUT2D eigenvalue weighted by Crippen LogP contribution is -2.37. The molecule has 0 saturated carbocycles. The molecule has 0 bridgehead atoms. The van der Waals surface area contributed by atoms with Crippen molar-refractivity contribution in [3.63, 3.8) is 0 Å². The second kappa shape index (κ2) is 11.0. The number of rotatable bonds is 10. The third-order valence-corrected chi connectivity index (χ3v) is 1.83. The first-order valence-corrected chi connectivity index (χ1v) is 5.73. The third-order valence-electron chi connectivity index (χ3n) is 1.83. The molecule has 3 heteroatoms. The van der Waals surface area contributed by atoms with Gasteiger partial charge >= 0.3 is 0 Å². The Morgan fingerprint density at radius 3 is 1.79 bits per heavy atom. The Labute approximate surface area is 88.2 Å². The van der Waals surface area contributed by atoms with Crippen LogP contribution >= 0.6 is 0 Å². The Morgan fingerprint density at radius 2 is 1.43 bits per heavy atom. The minimum absolute atomic E-state index is 0.345. The van der Waals surface area contributed by atoms with E-state index < -0.39 is 0 Å². The van der Waals surface area contributed by atoms with Crippen molar-refractivity contribution < 1.29 is 9.47 Å². The topological polar surface area (TPSA) is 30.5 Å². The molecule has 0 fully saturated rings. The summed E-state index contributed by atoms with van der Waals surface area (Å²) in [4.78, 5) is 0. The summed E-state index contributed by atoms with van der Waals surface area (Å²) in [6.07, 6.45) is 2.16. The zero-order valence-corrected chi connectivity index (χ0v) is 9.84. The van der Waals surface area contributed by atoms with Crippen molar-refractivity contribution in [1.82, 2.24) is 5.32 Å². The molecule has 14 heavy (non-hydrogen) atoms. The average molecular weight is 203 g/mol. The SMILES string of the molecule is CCCOCC(COCCC)NCC. The van der Waals surface area contributed by atoms with Crippen molar-refractivity contribution in [2.75, 3.05) is 33.0 Å². The summed E-state index contributed by atoms with van der Waals surface area (Å²) in [7, 11) is 0. The molecule has 0 unspecified atom stereocenters. The van der Waals surface area contributed by atoms with Gasteiger partial charge in [-0.2, -0.15) is 0 Å². The molecule has 1 N–H and O–H groups in total. The minimum atomic E-state index is 0.345. The molecule has 0 aromatic rings. The molecule has 0 radical (unpaired) electrons. The van der Waals surface area contributed by atoms with E-state index in [-0.39, 0.29) is 0 Å². The lowest BCUT2D eigenvalue weighted by atomic mass is 10.3. The smallest absolute Gasteiger partial charge is 0.0642 e. The van der Waals surface area contributed by atoms with E-state index in [9.17, 15) is 0 Å². The van der Waals surface area contributed by atoms with E-state index in [1.165, 1.54) is 0 Å². The summed E-state index contributed by atoms with van der Waals surface area (Å²) in [5, 5.41) is 3.35. The number of nitrogens with one attached hydrogen (secondary N) is 1. The van der Waals surface area contributed by atoms with Gasteiger partial charge in [0.2, 0.25) is 0 Å². The molecule has 0 saturated heterocycles. The van der Waals surface area contributed by atoms with Crippen LogP contribution in [0.5, 0.6) is 0 Å². The van der Waals surface area contributed by atoms with E-state index in [1.54, 1.807) is 0 Å². The lowest BCUT2D eigenvalue weighted by molar-refractivity contribution is 0.0566. The zero-order chi connectivity index (χ0) is 10.6. The van der Waals surface area contributed by atoms with E-state index in [4.69, 9.17) is 9.47 Å². The summed E-state index contributed by atoms with van der Waals surface area (Å²) in [6, 6.07) is 0.345. The molecule has 0 heterocycles. The second-order valence-electron chi connectivity index (χ2n) is 3.40. The average Bonchev–Trinajstić information content (AvgIpc) is 2.18. The van der Waals surface area contributed by atoms with Crippen molar-refractivity contribution in [3.8, 4) is 0 Å². The van der Waals surface area contributed by atoms with Gasteiger partial charge in [0.15, 0.2) is 0 Å². The maximum Gasteiger partial charge on any atom is 0.0642 e. The fourth-order valence-electron chi connectivity index (χ4n) is 1.19. The molecular formula is C11H25NO2. The highest BCUT2D eigenvalue weighted by Gasteiger charge is 2.06. The van der Waals surface area contributed by atoms with Crippen LogP contribution in [0.25, 0.3) is 0 Å². The van der Waals surface area contributed by atoms with E-state index in [0.717, 1.165) is 45.8 Å². The van der Waals surface area contributed by atoms with Crippen molar-refractivity contribution in [2.45, 2.75) is 39.7 Å². The van der Waals surface area contributed by atoms with E-state index in [1.807, 2.05) is 0 Å². The van der Waals surface area contributed by atoms with Gasteiger partial charge in [-0.3, -0.25) is 0 Å². The first kappa shape index (κ1) is 13.9. The van der Waals surface area contributed by atoms with Crippen LogP contribution in [0.1, 0.15) is 33.6 Å². The monoisotopic (exact) mass is 203 g/mol. The molecule has 0 spiro atoms. The van der Waals surface area contributed by atoms with E-state index in [2.05, 4.69) is 26.1 Å². The highest BCUT2D eigenvalue weighted by atomic mass is 16.5. The largest absolute Gasteiger partial charge is 0.380 e. The molecule has 0 atom stereocenters. The minimum Gasteiger partial charge on any atom is -0.380 e. The highest BCUT2D eigenvalue weighted by molar-refractivity contribution is 4.63. The van der Waals surface area contributed by atoms with Crippen LogP contribution in [-0.4, -0.2) is 39.0 Å². The lowest BCUT2D eigenvalue weighted by Gasteiger charge is -2.17. The van der Waals surface area contributed by atoms with Crippen LogP contribution in [0, 0.1) is 0 Å². The molecule has 0 aliphatic rings. The van der Waals surface area contributed by atoms with Crippen LogP contribution < -0.4 is 5.32 Å². The van der Waals surface area contributed by atoms with Crippen LogP contribution in [-0.2, 0) is 9.47 Å². The molecule has 0 aromatic carbocycles. The molecule has 3 nitrogen and oxygen atoms in total. The number of hydrogen-bond donors (Lipinski definition) is 1. The summed E-state index contributed by atoms with van der Waals surface area (Å²) in [5.41, 5.74) is 0. The molecule has 0 rings (SSSR count). The summed E-state index contributed by atoms with van der Waals surface area (Å²) < 4.78 is 11.0. The molecule has 0 aliphatic carbocycles. The van der Waals surface area contributed by atoms with Crippen molar-refractivity contribution in [2.24, 2.45) is 0 Å². The first-order chi connectivity index (χ1) is 6.85. The van der Waals surface area contributed by atoms with E-state index in [0.29, 0.717) is 6.04 Å². The van der Waals surface area contributed by atoms with Gasteiger partial charge < -0.3 is 14.8 Å². The standard InChI is InChI=1S/C11H25NO2/c1-4-7-13-9-11(12-6-3)10-14-8-5-2/h11-12H,4-10H2,1-3H3. The molecule has 0 amide bonds. The van der Waals surface area contributed by atoms with Crippen LogP contribution in [0.3, 0.4) is 0 Å². The van der Waals surface area contributed by atoms with Gasteiger partial charge in [0.1, 0.15) is 0 Å². The summed E-state index contributed by atoms with van der Waals surface area (Å²) in [6.45, 7) is 10.5.